The summed E-state index contributed by atoms with van der Waals surface area (Å²) in [5.74, 6) is 0. The van der Waals surface area contributed by atoms with Crippen LogP contribution in [0.3, 0.4) is 0 Å². The number of likely N-dealkylation sites (N-methyl/N-ethyl adjacent to an activating group) is 1. The highest BCUT2D eigenvalue weighted by atomic mass is 79.9. The van der Waals surface area contributed by atoms with E-state index in [9.17, 15) is 0 Å². The molecule has 0 aromatic carbocycles. The summed E-state index contributed by atoms with van der Waals surface area (Å²) in [5.41, 5.74) is 0.144. The fourth-order valence-corrected chi connectivity index (χ4v) is 2.70. The van der Waals surface area contributed by atoms with Crippen LogP contribution in [0.4, 0.5) is 0 Å². The van der Waals surface area contributed by atoms with Gasteiger partial charge in [-0.25, -0.2) is 0 Å². The van der Waals surface area contributed by atoms with E-state index >= 15 is 0 Å². The van der Waals surface area contributed by atoms with Gasteiger partial charge in [0.2, 0.25) is 0 Å². The molecule has 2 N–H and O–H groups in total. The zero-order chi connectivity index (χ0) is 10.6. The largest absolute Gasteiger partial charge is 0.318 e. The van der Waals surface area contributed by atoms with Gasteiger partial charge in [0, 0.05) is 23.5 Å². The Morgan fingerprint density at radius 1 is 1.43 bits per heavy atom. The maximum atomic E-state index is 3.52. The number of nitrogens with one attached hydrogen (secondary N) is 2. The smallest absolute Gasteiger partial charge is 0.0701 e. The van der Waals surface area contributed by atoms with E-state index in [2.05, 4.69) is 52.5 Å². The Morgan fingerprint density at radius 3 is 2.64 bits per heavy atom. The van der Waals surface area contributed by atoms with Crippen LogP contribution in [-0.2, 0) is 6.54 Å². The molecule has 80 valence electrons. The average Bonchev–Trinajstić information content (AvgIpc) is 2.48. The van der Waals surface area contributed by atoms with Crippen molar-refractivity contribution in [3.63, 3.8) is 0 Å². The van der Waals surface area contributed by atoms with Crippen molar-refractivity contribution in [2.75, 3.05) is 13.6 Å². The van der Waals surface area contributed by atoms with Crippen molar-refractivity contribution in [3.05, 3.63) is 20.8 Å². The van der Waals surface area contributed by atoms with Crippen molar-refractivity contribution in [2.24, 2.45) is 0 Å². The second-order valence-corrected chi connectivity index (χ2v) is 6.52. The van der Waals surface area contributed by atoms with Gasteiger partial charge >= 0.3 is 0 Å². The van der Waals surface area contributed by atoms with Crippen LogP contribution >= 0.6 is 27.3 Å². The summed E-state index contributed by atoms with van der Waals surface area (Å²) in [6.07, 6.45) is 0. The molecule has 1 rings (SSSR count). The lowest BCUT2D eigenvalue weighted by molar-refractivity contribution is 0.375. The van der Waals surface area contributed by atoms with Crippen LogP contribution in [0, 0.1) is 0 Å². The third-order valence-electron chi connectivity index (χ3n) is 1.99. The van der Waals surface area contributed by atoms with Crippen molar-refractivity contribution in [3.8, 4) is 0 Å². The Balaban J connectivity index is 2.40. The van der Waals surface area contributed by atoms with Crippen molar-refractivity contribution in [1.82, 2.24) is 10.6 Å². The molecule has 0 aliphatic carbocycles. The van der Waals surface area contributed by atoms with E-state index in [1.165, 1.54) is 8.66 Å². The average molecular weight is 277 g/mol. The van der Waals surface area contributed by atoms with E-state index in [4.69, 9.17) is 0 Å². The molecule has 4 heteroatoms. The Labute approximate surface area is 98.2 Å². The Kier molecular flexibility index (Phi) is 4.57. The minimum Gasteiger partial charge on any atom is -0.318 e. The zero-order valence-electron chi connectivity index (χ0n) is 8.86. The minimum atomic E-state index is 0.144. The van der Waals surface area contributed by atoms with Gasteiger partial charge in [-0.2, -0.15) is 0 Å². The molecule has 0 spiro atoms. The summed E-state index contributed by atoms with van der Waals surface area (Å²) < 4.78 is 1.20. The van der Waals surface area contributed by atoms with E-state index in [0.717, 1.165) is 13.1 Å². The fourth-order valence-electron chi connectivity index (χ4n) is 1.28. The normalized spacial score (nSPS) is 12.0. The molecule has 2 nitrogen and oxygen atoms in total. The van der Waals surface area contributed by atoms with Crippen LogP contribution in [0.25, 0.3) is 0 Å². The first-order chi connectivity index (χ1) is 6.53. The van der Waals surface area contributed by atoms with E-state index in [0.29, 0.717) is 0 Å². The van der Waals surface area contributed by atoms with Gasteiger partial charge in [-0.3, -0.25) is 0 Å². The lowest BCUT2D eigenvalue weighted by Crippen LogP contribution is -2.46. The van der Waals surface area contributed by atoms with Gasteiger partial charge in [-0.1, -0.05) is 0 Å². The highest BCUT2D eigenvalue weighted by molar-refractivity contribution is 9.11. The first kappa shape index (κ1) is 12.2. The number of hydrogen-bond donors (Lipinski definition) is 2. The van der Waals surface area contributed by atoms with Crippen LogP contribution < -0.4 is 10.6 Å². The highest BCUT2D eigenvalue weighted by Gasteiger charge is 2.15. The monoisotopic (exact) mass is 276 g/mol. The molecule has 0 atom stereocenters. The van der Waals surface area contributed by atoms with E-state index < -0.39 is 0 Å². The van der Waals surface area contributed by atoms with Gasteiger partial charge in [0.05, 0.1) is 3.79 Å². The Hall–Kier alpha value is 0.1000. The molecule has 1 aromatic heterocycles. The summed E-state index contributed by atoms with van der Waals surface area (Å²) >= 11 is 5.24. The third kappa shape index (κ3) is 4.09. The summed E-state index contributed by atoms with van der Waals surface area (Å²) in [6, 6.07) is 4.24. The predicted octanol–water partition coefficient (Wildman–Crippen LogP) is 2.60. The van der Waals surface area contributed by atoms with E-state index in [-0.39, 0.29) is 5.54 Å². The maximum Gasteiger partial charge on any atom is 0.0701 e. The molecule has 0 radical (unpaired) electrons. The molecule has 0 aliphatic rings. The van der Waals surface area contributed by atoms with Crippen molar-refractivity contribution < 1.29 is 0 Å². The lowest BCUT2D eigenvalue weighted by atomic mass is 10.1. The first-order valence-electron chi connectivity index (χ1n) is 4.67. The summed E-state index contributed by atoms with van der Waals surface area (Å²) in [4.78, 5) is 1.36. The van der Waals surface area contributed by atoms with Gasteiger partial charge in [-0.05, 0) is 49.0 Å². The minimum absolute atomic E-state index is 0.144. The van der Waals surface area contributed by atoms with Crippen LogP contribution in [0.15, 0.2) is 15.9 Å². The number of rotatable bonds is 5. The Morgan fingerprint density at radius 2 is 2.14 bits per heavy atom. The standard InChI is InChI=1S/C10H17BrN2S/c1-10(2,7-12-3)13-6-8-4-5-9(11)14-8/h4-5,12-13H,6-7H2,1-3H3. The molecular weight excluding hydrogens is 260 g/mol. The molecule has 0 saturated heterocycles. The molecule has 0 fully saturated rings. The summed E-state index contributed by atoms with van der Waals surface area (Å²) in [5, 5.41) is 6.70. The third-order valence-corrected chi connectivity index (χ3v) is 3.61. The molecule has 0 aliphatic heterocycles. The summed E-state index contributed by atoms with van der Waals surface area (Å²) in [6.45, 7) is 6.31. The number of hydrogen-bond acceptors (Lipinski definition) is 3. The second-order valence-electron chi connectivity index (χ2n) is 3.97. The first-order valence-corrected chi connectivity index (χ1v) is 6.28. The topological polar surface area (TPSA) is 24.1 Å². The summed E-state index contributed by atoms with van der Waals surface area (Å²) in [7, 11) is 1.98. The zero-order valence-corrected chi connectivity index (χ0v) is 11.3. The highest BCUT2D eigenvalue weighted by Crippen LogP contribution is 2.22. The molecule has 1 aromatic rings. The molecule has 0 amide bonds. The van der Waals surface area contributed by atoms with Crippen molar-refractivity contribution in [2.45, 2.75) is 25.9 Å². The number of halogens is 1. The predicted molar refractivity (Wildman–Crippen MR) is 66.9 cm³/mol. The fraction of sp³-hybridized carbons (Fsp3) is 0.600. The second kappa shape index (κ2) is 5.26. The van der Waals surface area contributed by atoms with Gasteiger partial charge in [0.25, 0.3) is 0 Å². The van der Waals surface area contributed by atoms with Crippen molar-refractivity contribution >= 4 is 27.3 Å². The molecule has 0 unspecified atom stereocenters. The van der Waals surface area contributed by atoms with Crippen LogP contribution in [0.1, 0.15) is 18.7 Å². The van der Waals surface area contributed by atoms with Crippen LogP contribution in [-0.4, -0.2) is 19.1 Å². The molecular formula is C10H17BrN2S. The van der Waals surface area contributed by atoms with Gasteiger partial charge in [0.1, 0.15) is 0 Å². The van der Waals surface area contributed by atoms with Crippen LogP contribution in [0.2, 0.25) is 0 Å². The van der Waals surface area contributed by atoms with E-state index in [1.807, 2.05) is 7.05 Å². The molecule has 0 saturated carbocycles. The quantitative estimate of drug-likeness (QED) is 0.864. The van der Waals surface area contributed by atoms with Gasteiger partial charge in [0.15, 0.2) is 0 Å². The van der Waals surface area contributed by atoms with Crippen LogP contribution in [0.5, 0.6) is 0 Å². The van der Waals surface area contributed by atoms with Gasteiger partial charge < -0.3 is 10.6 Å². The molecule has 14 heavy (non-hydrogen) atoms. The van der Waals surface area contributed by atoms with Crippen molar-refractivity contribution in [1.29, 1.82) is 0 Å². The molecule has 0 bridgehead atoms. The number of thiophene rings is 1. The molecule has 1 heterocycles. The lowest BCUT2D eigenvalue weighted by Gasteiger charge is -2.25. The Bertz CT molecular complexity index is 283. The van der Waals surface area contributed by atoms with E-state index in [1.54, 1.807) is 11.3 Å². The maximum absolute atomic E-state index is 3.52. The SMILES string of the molecule is CNCC(C)(C)NCc1ccc(Br)s1. The van der Waals surface area contributed by atoms with Gasteiger partial charge in [-0.15, -0.1) is 11.3 Å².